The molecular formula is C17H16BrN3O. The highest BCUT2D eigenvalue weighted by Gasteiger charge is 2.14. The molecule has 0 radical (unpaired) electrons. The maximum atomic E-state index is 5.77. The van der Waals surface area contributed by atoms with Gasteiger partial charge in [0, 0.05) is 15.7 Å². The molecule has 0 aliphatic heterocycles. The van der Waals surface area contributed by atoms with Crippen LogP contribution in [0.3, 0.4) is 0 Å². The van der Waals surface area contributed by atoms with Crippen molar-refractivity contribution >= 4 is 21.6 Å². The molecule has 0 saturated carbocycles. The van der Waals surface area contributed by atoms with Crippen LogP contribution in [0.5, 0.6) is 0 Å². The average molecular weight is 358 g/mol. The molecule has 1 N–H and O–H groups in total. The van der Waals surface area contributed by atoms with E-state index < -0.39 is 0 Å². The summed E-state index contributed by atoms with van der Waals surface area (Å²) in [5.74, 6) is 1.11. The summed E-state index contributed by atoms with van der Waals surface area (Å²) in [7, 11) is 0. The van der Waals surface area contributed by atoms with E-state index in [0.29, 0.717) is 11.8 Å². The van der Waals surface area contributed by atoms with Gasteiger partial charge in [0.25, 0.3) is 0 Å². The quantitative estimate of drug-likeness (QED) is 0.715. The number of benzene rings is 2. The van der Waals surface area contributed by atoms with E-state index in [1.807, 2.05) is 62.4 Å². The van der Waals surface area contributed by atoms with Crippen molar-refractivity contribution in [2.45, 2.75) is 19.9 Å². The lowest BCUT2D eigenvalue weighted by Crippen LogP contribution is -2.06. The van der Waals surface area contributed by atoms with Crippen molar-refractivity contribution in [1.82, 2.24) is 10.2 Å². The van der Waals surface area contributed by atoms with E-state index in [4.69, 9.17) is 4.42 Å². The molecule has 0 bridgehead atoms. The standard InChI is InChI=1S/C17H16BrN3O/c1-11-3-5-13(6-4-11)17-21-20-16(22-17)12(2)19-15-9-7-14(18)8-10-15/h3-10,12,19H,1-2H3/t12-/m0/s1. The highest BCUT2D eigenvalue weighted by Crippen LogP contribution is 2.24. The van der Waals surface area contributed by atoms with Crippen LogP contribution < -0.4 is 5.32 Å². The van der Waals surface area contributed by atoms with Crippen LogP contribution in [0.15, 0.2) is 57.4 Å². The summed E-state index contributed by atoms with van der Waals surface area (Å²) in [6, 6.07) is 15.9. The molecule has 1 atom stereocenters. The van der Waals surface area contributed by atoms with Gasteiger partial charge in [-0.15, -0.1) is 10.2 Å². The van der Waals surface area contributed by atoms with E-state index >= 15 is 0 Å². The lowest BCUT2D eigenvalue weighted by molar-refractivity contribution is 0.485. The first-order chi connectivity index (χ1) is 10.6. The number of nitrogens with zero attached hydrogens (tertiary/aromatic N) is 2. The molecule has 1 heterocycles. The number of anilines is 1. The molecule has 0 aliphatic carbocycles. The zero-order valence-electron chi connectivity index (χ0n) is 12.4. The normalized spacial score (nSPS) is 12.1. The fourth-order valence-corrected chi connectivity index (χ4v) is 2.34. The molecule has 22 heavy (non-hydrogen) atoms. The van der Waals surface area contributed by atoms with Crippen LogP contribution in [-0.2, 0) is 0 Å². The largest absolute Gasteiger partial charge is 0.418 e. The monoisotopic (exact) mass is 357 g/mol. The minimum Gasteiger partial charge on any atom is -0.418 e. The van der Waals surface area contributed by atoms with Crippen LogP contribution in [0.1, 0.15) is 24.4 Å². The Bertz CT molecular complexity index is 750. The van der Waals surface area contributed by atoms with Gasteiger partial charge in [-0.3, -0.25) is 0 Å². The van der Waals surface area contributed by atoms with E-state index in [1.54, 1.807) is 0 Å². The second kappa shape index (κ2) is 6.32. The van der Waals surface area contributed by atoms with Gasteiger partial charge in [0.05, 0.1) is 0 Å². The van der Waals surface area contributed by atoms with Crippen molar-refractivity contribution in [3.63, 3.8) is 0 Å². The van der Waals surface area contributed by atoms with Gasteiger partial charge in [-0.25, -0.2) is 0 Å². The lowest BCUT2D eigenvalue weighted by Gasteiger charge is -2.11. The van der Waals surface area contributed by atoms with E-state index in [1.165, 1.54) is 5.56 Å². The Morgan fingerprint density at radius 1 is 1.00 bits per heavy atom. The molecule has 1 aromatic heterocycles. The van der Waals surface area contributed by atoms with Crippen LogP contribution in [0.4, 0.5) is 5.69 Å². The molecule has 112 valence electrons. The van der Waals surface area contributed by atoms with Crippen LogP contribution in [0.25, 0.3) is 11.5 Å². The number of aromatic nitrogens is 2. The van der Waals surface area contributed by atoms with Crippen molar-refractivity contribution in [2.75, 3.05) is 5.32 Å². The minimum absolute atomic E-state index is 0.0622. The van der Waals surface area contributed by atoms with Crippen molar-refractivity contribution in [2.24, 2.45) is 0 Å². The van der Waals surface area contributed by atoms with Crippen LogP contribution in [0, 0.1) is 6.92 Å². The average Bonchev–Trinajstić information content (AvgIpc) is 3.00. The third kappa shape index (κ3) is 3.36. The maximum absolute atomic E-state index is 5.77. The van der Waals surface area contributed by atoms with Crippen molar-refractivity contribution in [3.05, 3.63) is 64.5 Å². The molecule has 0 aliphatic rings. The zero-order chi connectivity index (χ0) is 15.5. The summed E-state index contributed by atoms with van der Waals surface area (Å²) in [6.07, 6.45) is 0. The lowest BCUT2D eigenvalue weighted by atomic mass is 10.1. The molecular weight excluding hydrogens is 342 g/mol. The smallest absolute Gasteiger partial charge is 0.247 e. The van der Waals surface area contributed by atoms with Crippen molar-refractivity contribution in [1.29, 1.82) is 0 Å². The van der Waals surface area contributed by atoms with Gasteiger partial charge in [-0.05, 0) is 50.2 Å². The van der Waals surface area contributed by atoms with E-state index in [2.05, 4.69) is 31.4 Å². The van der Waals surface area contributed by atoms with Gasteiger partial charge < -0.3 is 9.73 Å². The fraction of sp³-hybridized carbons (Fsp3) is 0.176. The molecule has 4 nitrogen and oxygen atoms in total. The Kier molecular flexibility index (Phi) is 4.24. The van der Waals surface area contributed by atoms with E-state index in [0.717, 1.165) is 15.7 Å². The summed E-state index contributed by atoms with van der Waals surface area (Å²) < 4.78 is 6.82. The second-order valence-electron chi connectivity index (χ2n) is 5.18. The van der Waals surface area contributed by atoms with Gasteiger partial charge >= 0.3 is 0 Å². The highest BCUT2D eigenvalue weighted by atomic mass is 79.9. The predicted molar refractivity (Wildman–Crippen MR) is 90.7 cm³/mol. The predicted octanol–water partition coefficient (Wildman–Crippen LogP) is 4.98. The summed E-state index contributed by atoms with van der Waals surface area (Å²) in [5, 5.41) is 11.6. The topological polar surface area (TPSA) is 51.0 Å². The maximum Gasteiger partial charge on any atom is 0.247 e. The SMILES string of the molecule is Cc1ccc(-c2nnc([C@H](C)Nc3ccc(Br)cc3)o2)cc1. The molecule has 0 saturated heterocycles. The fourth-order valence-electron chi connectivity index (χ4n) is 2.08. The van der Waals surface area contributed by atoms with Gasteiger partial charge in [0.2, 0.25) is 11.8 Å². The van der Waals surface area contributed by atoms with E-state index in [-0.39, 0.29) is 6.04 Å². The Hall–Kier alpha value is -2.14. The number of halogens is 1. The number of hydrogen-bond donors (Lipinski definition) is 1. The van der Waals surface area contributed by atoms with Crippen LogP contribution in [0.2, 0.25) is 0 Å². The number of aryl methyl sites for hydroxylation is 1. The molecule has 0 fully saturated rings. The van der Waals surface area contributed by atoms with Gasteiger partial charge in [0.15, 0.2) is 0 Å². The summed E-state index contributed by atoms with van der Waals surface area (Å²) in [6.45, 7) is 4.04. The third-order valence-corrected chi connectivity index (χ3v) is 3.87. The zero-order valence-corrected chi connectivity index (χ0v) is 14.0. The third-order valence-electron chi connectivity index (χ3n) is 3.34. The summed E-state index contributed by atoms with van der Waals surface area (Å²) >= 11 is 3.42. The van der Waals surface area contributed by atoms with Crippen LogP contribution >= 0.6 is 15.9 Å². The van der Waals surface area contributed by atoms with Crippen LogP contribution in [-0.4, -0.2) is 10.2 Å². The molecule has 3 rings (SSSR count). The first kappa shape index (κ1) is 14.8. The second-order valence-corrected chi connectivity index (χ2v) is 6.10. The first-order valence-electron chi connectivity index (χ1n) is 7.04. The Morgan fingerprint density at radius 2 is 1.68 bits per heavy atom. The number of nitrogens with one attached hydrogen (secondary N) is 1. The molecule has 3 aromatic rings. The Balaban J connectivity index is 1.75. The Labute approximate surface area is 137 Å². The molecule has 2 aromatic carbocycles. The molecule has 0 spiro atoms. The number of rotatable bonds is 4. The molecule has 0 amide bonds. The molecule has 5 heteroatoms. The molecule has 0 unspecified atom stereocenters. The highest BCUT2D eigenvalue weighted by molar-refractivity contribution is 9.10. The Morgan fingerprint density at radius 3 is 2.36 bits per heavy atom. The summed E-state index contributed by atoms with van der Waals surface area (Å²) in [4.78, 5) is 0. The van der Waals surface area contributed by atoms with Gasteiger partial charge in [-0.1, -0.05) is 33.6 Å². The van der Waals surface area contributed by atoms with Crippen molar-refractivity contribution in [3.8, 4) is 11.5 Å². The van der Waals surface area contributed by atoms with Gasteiger partial charge in [-0.2, -0.15) is 0 Å². The van der Waals surface area contributed by atoms with E-state index in [9.17, 15) is 0 Å². The minimum atomic E-state index is -0.0622. The summed E-state index contributed by atoms with van der Waals surface area (Å²) in [5.41, 5.74) is 3.14. The van der Waals surface area contributed by atoms with Gasteiger partial charge in [0.1, 0.15) is 6.04 Å². The first-order valence-corrected chi connectivity index (χ1v) is 7.83. The number of hydrogen-bond acceptors (Lipinski definition) is 4. The van der Waals surface area contributed by atoms with Crippen molar-refractivity contribution < 1.29 is 4.42 Å².